The van der Waals surface area contributed by atoms with Gasteiger partial charge in [0.05, 0.1) is 11.9 Å². The Morgan fingerprint density at radius 2 is 1.67 bits per heavy atom. The van der Waals surface area contributed by atoms with E-state index in [1.165, 1.54) is 6.92 Å². The number of carbonyl (C=O) groups is 2. The van der Waals surface area contributed by atoms with Crippen LogP contribution in [0.4, 0.5) is 22.9 Å². The van der Waals surface area contributed by atoms with E-state index in [2.05, 4.69) is 20.9 Å². The van der Waals surface area contributed by atoms with Gasteiger partial charge in [0.25, 0.3) is 0 Å². The molecule has 0 aliphatic rings. The first-order chi connectivity index (χ1) is 11.2. The van der Waals surface area contributed by atoms with Crippen molar-refractivity contribution in [1.29, 1.82) is 0 Å². The summed E-state index contributed by atoms with van der Waals surface area (Å²) in [5, 5.41) is 8.71. The van der Waals surface area contributed by atoms with Crippen LogP contribution >= 0.6 is 0 Å². The van der Waals surface area contributed by atoms with Crippen LogP contribution in [-0.4, -0.2) is 16.8 Å². The average Bonchev–Trinajstić information content (AvgIpc) is 2.48. The van der Waals surface area contributed by atoms with E-state index in [1.54, 1.807) is 12.3 Å². The average molecular weight is 326 g/mol. The summed E-state index contributed by atoms with van der Waals surface area (Å²) in [5.41, 5.74) is 1.86. The van der Waals surface area contributed by atoms with E-state index in [-0.39, 0.29) is 11.8 Å². The van der Waals surface area contributed by atoms with Gasteiger partial charge in [-0.2, -0.15) is 0 Å². The number of hydrogen-bond acceptors (Lipinski definition) is 4. The van der Waals surface area contributed by atoms with Crippen LogP contribution < -0.4 is 16.0 Å². The van der Waals surface area contributed by atoms with Crippen molar-refractivity contribution in [3.05, 3.63) is 42.6 Å². The van der Waals surface area contributed by atoms with Gasteiger partial charge in [0.1, 0.15) is 5.82 Å². The molecule has 0 aliphatic carbocycles. The fraction of sp³-hybridized carbons (Fsp3) is 0.278. The van der Waals surface area contributed by atoms with Crippen LogP contribution in [0.2, 0.25) is 0 Å². The molecule has 2 rings (SSSR count). The molecule has 3 N–H and O–H groups in total. The molecule has 1 aromatic carbocycles. The van der Waals surface area contributed by atoms with Gasteiger partial charge in [-0.15, -0.1) is 0 Å². The Labute approximate surface area is 141 Å². The van der Waals surface area contributed by atoms with E-state index >= 15 is 0 Å². The number of hydrogen-bond donors (Lipinski definition) is 3. The Hall–Kier alpha value is -2.89. The maximum atomic E-state index is 11.9. The van der Waals surface area contributed by atoms with Crippen molar-refractivity contribution in [1.82, 2.24) is 4.98 Å². The zero-order valence-corrected chi connectivity index (χ0v) is 14.3. The molecule has 126 valence electrons. The van der Waals surface area contributed by atoms with E-state index < -0.39 is 5.41 Å². The van der Waals surface area contributed by atoms with Gasteiger partial charge >= 0.3 is 0 Å². The highest BCUT2D eigenvalue weighted by molar-refractivity contribution is 5.93. The highest BCUT2D eigenvalue weighted by Crippen LogP contribution is 2.21. The maximum Gasteiger partial charge on any atom is 0.230 e. The van der Waals surface area contributed by atoms with Crippen molar-refractivity contribution in [2.24, 2.45) is 5.41 Å². The number of anilines is 4. The molecule has 0 atom stereocenters. The predicted molar refractivity (Wildman–Crippen MR) is 96.4 cm³/mol. The predicted octanol–water partition coefficient (Wildman–Crippen LogP) is 3.77. The SMILES string of the molecule is CC(=O)Nc1cccc(Nc2ccc(NC(=O)C(C)(C)C)nc2)c1. The normalized spacial score (nSPS) is 10.8. The number of nitrogens with zero attached hydrogens (tertiary/aromatic N) is 1. The Kier molecular flexibility index (Phi) is 5.18. The second-order valence-electron chi connectivity index (χ2n) is 6.52. The van der Waals surface area contributed by atoms with Crippen LogP contribution in [0.25, 0.3) is 0 Å². The van der Waals surface area contributed by atoms with Gasteiger partial charge in [-0.3, -0.25) is 9.59 Å². The van der Waals surface area contributed by atoms with Gasteiger partial charge in [-0.25, -0.2) is 4.98 Å². The minimum atomic E-state index is -0.469. The lowest BCUT2D eigenvalue weighted by Gasteiger charge is -2.17. The molecule has 6 nitrogen and oxygen atoms in total. The van der Waals surface area contributed by atoms with Crippen LogP contribution in [0.3, 0.4) is 0 Å². The zero-order valence-electron chi connectivity index (χ0n) is 14.3. The number of aromatic nitrogens is 1. The second-order valence-corrected chi connectivity index (χ2v) is 6.52. The minimum absolute atomic E-state index is 0.0845. The van der Waals surface area contributed by atoms with Gasteiger partial charge in [-0.05, 0) is 30.3 Å². The molecule has 0 aliphatic heterocycles. The first-order valence-electron chi connectivity index (χ1n) is 7.66. The fourth-order valence-corrected chi connectivity index (χ4v) is 1.89. The van der Waals surface area contributed by atoms with Crippen molar-refractivity contribution in [3.63, 3.8) is 0 Å². The van der Waals surface area contributed by atoms with E-state index in [1.807, 2.05) is 51.1 Å². The molecule has 0 fully saturated rings. The van der Waals surface area contributed by atoms with Crippen molar-refractivity contribution < 1.29 is 9.59 Å². The van der Waals surface area contributed by atoms with Crippen molar-refractivity contribution in [2.75, 3.05) is 16.0 Å². The van der Waals surface area contributed by atoms with Gasteiger partial charge in [0, 0.05) is 23.7 Å². The van der Waals surface area contributed by atoms with Crippen LogP contribution in [0.1, 0.15) is 27.7 Å². The number of benzene rings is 1. The van der Waals surface area contributed by atoms with Crippen molar-refractivity contribution in [2.45, 2.75) is 27.7 Å². The number of carbonyl (C=O) groups excluding carboxylic acids is 2. The molecular weight excluding hydrogens is 304 g/mol. The summed E-state index contributed by atoms with van der Waals surface area (Å²) >= 11 is 0. The molecule has 1 heterocycles. The summed E-state index contributed by atoms with van der Waals surface area (Å²) in [6, 6.07) is 11.0. The molecule has 0 spiro atoms. The summed E-state index contributed by atoms with van der Waals surface area (Å²) < 4.78 is 0. The molecule has 0 radical (unpaired) electrons. The molecule has 1 aromatic heterocycles. The Balaban J connectivity index is 2.04. The van der Waals surface area contributed by atoms with Gasteiger partial charge in [0.2, 0.25) is 11.8 Å². The van der Waals surface area contributed by atoms with Crippen LogP contribution in [0, 0.1) is 5.41 Å². The van der Waals surface area contributed by atoms with E-state index in [9.17, 15) is 9.59 Å². The monoisotopic (exact) mass is 326 g/mol. The lowest BCUT2D eigenvalue weighted by Crippen LogP contribution is -2.27. The lowest BCUT2D eigenvalue weighted by atomic mass is 9.96. The molecular formula is C18H22N4O2. The first-order valence-corrected chi connectivity index (χ1v) is 7.66. The van der Waals surface area contributed by atoms with E-state index in [4.69, 9.17) is 0 Å². The third-order valence-electron chi connectivity index (χ3n) is 3.16. The Morgan fingerprint density at radius 3 is 2.25 bits per heavy atom. The van der Waals surface area contributed by atoms with Gasteiger partial charge in [-0.1, -0.05) is 26.8 Å². The number of pyridine rings is 1. The standard InChI is InChI=1S/C18H22N4O2/c1-12(23)20-13-6-5-7-14(10-13)21-15-8-9-16(19-11-15)22-17(24)18(2,3)4/h5-11,21H,1-4H3,(H,20,23)(H,19,22,24). The molecule has 0 saturated heterocycles. The third-order valence-corrected chi connectivity index (χ3v) is 3.16. The largest absolute Gasteiger partial charge is 0.354 e. The van der Waals surface area contributed by atoms with Crippen LogP contribution in [0.5, 0.6) is 0 Å². The summed E-state index contributed by atoms with van der Waals surface area (Å²) in [6.07, 6.45) is 1.64. The highest BCUT2D eigenvalue weighted by Gasteiger charge is 2.21. The molecule has 6 heteroatoms. The summed E-state index contributed by atoms with van der Waals surface area (Å²) in [5.74, 6) is 0.305. The number of rotatable bonds is 4. The number of amides is 2. The minimum Gasteiger partial charge on any atom is -0.354 e. The molecule has 0 bridgehead atoms. The number of nitrogens with one attached hydrogen (secondary N) is 3. The van der Waals surface area contributed by atoms with Gasteiger partial charge in [0.15, 0.2) is 0 Å². The summed E-state index contributed by atoms with van der Waals surface area (Å²) in [6.45, 7) is 7.01. The van der Waals surface area contributed by atoms with E-state index in [0.717, 1.165) is 17.1 Å². The van der Waals surface area contributed by atoms with Gasteiger partial charge < -0.3 is 16.0 Å². The summed E-state index contributed by atoms with van der Waals surface area (Å²) in [7, 11) is 0. The van der Waals surface area contributed by atoms with E-state index in [0.29, 0.717) is 5.82 Å². The zero-order chi connectivity index (χ0) is 17.7. The first kappa shape index (κ1) is 17.5. The summed E-state index contributed by atoms with van der Waals surface area (Å²) in [4.78, 5) is 27.3. The molecule has 24 heavy (non-hydrogen) atoms. The molecule has 2 amide bonds. The fourth-order valence-electron chi connectivity index (χ4n) is 1.89. The van der Waals surface area contributed by atoms with Crippen molar-refractivity contribution >= 4 is 34.7 Å². The Morgan fingerprint density at radius 1 is 0.958 bits per heavy atom. The third kappa shape index (κ3) is 5.08. The second kappa shape index (κ2) is 7.12. The van der Waals surface area contributed by atoms with Crippen LogP contribution in [-0.2, 0) is 9.59 Å². The molecule has 0 saturated carbocycles. The van der Waals surface area contributed by atoms with Crippen molar-refractivity contribution in [3.8, 4) is 0 Å². The maximum absolute atomic E-state index is 11.9. The van der Waals surface area contributed by atoms with Crippen LogP contribution in [0.15, 0.2) is 42.6 Å². The molecule has 0 unspecified atom stereocenters. The topological polar surface area (TPSA) is 83.1 Å². The quantitative estimate of drug-likeness (QED) is 0.798. The molecule has 2 aromatic rings. The Bertz CT molecular complexity index is 733. The highest BCUT2D eigenvalue weighted by atomic mass is 16.2. The smallest absolute Gasteiger partial charge is 0.230 e. The lowest BCUT2D eigenvalue weighted by molar-refractivity contribution is -0.123.